The molecule has 114 valence electrons. The summed E-state index contributed by atoms with van der Waals surface area (Å²) in [4.78, 5) is 0. The van der Waals surface area contributed by atoms with E-state index in [2.05, 4.69) is 30.3 Å². The maximum absolute atomic E-state index is 6.38. The number of methoxy groups -OCH3 is 1. The Morgan fingerprint density at radius 2 is 2.05 bits per heavy atom. The highest BCUT2D eigenvalue weighted by molar-refractivity contribution is 6.31. The Bertz CT molecular complexity index is 622. The Kier molecular flexibility index (Phi) is 5.39. The maximum atomic E-state index is 6.38. The van der Waals surface area contributed by atoms with E-state index < -0.39 is 0 Å². The normalized spacial score (nSPS) is 11.1. The summed E-state index contributed by atoms with van der Waals surface area (Å²) in [6.07, 6.45) is 0. The third-order valence-corrected chi connectivity index (χ3v) is 4.08. The van der Waals surface area contributed by atoms with Gasteiger partial charge in [0.15, 0.2) is 0 Å². The highest BCUT2D eigenvalue weighted by Crippen LogP contribution is 2.22. The average Bonchev–Trinajstić information content (AvgIpc) is 2.72. The summed E-state index contributed by atoms with van der Waals surface area (Å²) in [5, 5.41) is 8.61. The lowest BCUT2D eigenvalue weighted by Gasteiger charge is -2.10. The summed E-state index contributed by atoms with van der Waals surface area (Å²) in [7, 11) is 1.69. The van der Waals surface area contributed by atoms with Crippen LogP contribution in [0.2, 0.25) is 5.02 Å². The van der Waals surface area contributed by atoms with Crippen LogP contribution in [0, 0.1) is 20.8 Å². The highest BCUT2D eigenvalue weighted by Gasteiger charge is 2.10. The largest absolute Gasteiger partial charge is 0.383 e. The van der Waals surface area contributed by atoms with Crippen LogP contribution in [0.25, 0.3) is 5.69 Å². The fraction of sp³-hybridized carbons (Fsp3) is 0.438. The first-order valence-electron chi connectivity index (χ1n) is 7.06. The number of ether oxygens (including phenoxy) is 1. The molecule has 1 aromatic heterocycles. The summed E-state index contributed by atoms with van der Waals surface area (Å²) < 4.78 is 6.95. The van der Waals surface area contributed by atoms with Gasteiger partial charge in [0.2, 0.25) is 0 Å². The second-order valence-electron chi connectivity index (χ2n) is 5.15. The molecule has 0 fully saturated rings. The zero-order valence-corrected chi connectivity index (χ0v) is 13.8. The number of hydrogen-bond acceptors (Lipinski definition) is 3. The van der Waals surface area contributed by atoms with Crippen LogP contribution in [-0.2, 0) is 11.3 Å². The number of aryl methyl sites for hydroxylation is 1. The Balaban J connectivity index is 2.16. The van der Waals surface area contributed by atoms with E-state index in [0.717, 1.165) is 40.8 Å². The number of aromatic nitrogens is 2. The van der Waals surface area contributed by atoms with Crippen LogP contribution in [0.3, 0.4) is 0 Å². The van der Waals surface area contributed by atoms with Crippen molar-refractivity contribution in [1.82, 2.24) is 15.1 Å². The first kappa shape index (κ1) is 16.0. The molecule has 0 spiro atoms. The molecule has 0 aliphatic carbocycles. The molecule has 0 unspecified atom stereocenters. The molecule has 0 saturated carbocycles. The molecule has 1 heterocycles. The first-order valence-corrected chi connectivity index (χ1v) is 7.43. The van der Waals surface area contributed by atoms with Gasteiger partial charge in [0.25, 0.3) is 0 Å². The van der Waals surface area contributed by atoms with E-state index in [1.54, 1.807) is 7.11 Å². The summed E-state index contributed by atoms with van der Waals surface area (Å²) in [6.45, 7) is 8.42. The molecule has 0 bridgehead atoms. The van der Waals surface area contributed by atoms with Crippen molar-refractivity contribution in [2.24, 2.45) is 0 Å². The van der Waals surface area contributed by atoms with Crippen molar-refractivity contribution in [3.05, 3.63) is 45.7 Å². The number of hydrogen-bond donors (Lipinski definition) is 1. The van der Waals surface area contributed by atoms with Gasteiger partial charge in [0.1, 0.15) is 0 Å². The second-order valence-corrected chi connectivity index (χ2v) is 5.56. The molecule has 0 aliphatic heterocycles. The number of benzene rings is 1. The zero-order chi connectivity index (χ0) is 15.4. The fourth-order valence-corrected chi connectivity index (χ4v) is 2.42. The topological polar surface area (TPSA) is 39.1 Å². The number of halogens is 1. The number of nitrogens with zero attached hydrogens (tertiary/aromatic N) is 2. The lowest BCUT2D eigenvalue weighted by Crippen LogP contribution is -2.18. The fourth-order valence-electron chi connectivity index (χ4n) is 2.18. The molecule has 1 N–H and O–H groups in total. The van der Waals surface area contributed by atoms with Crippen molar-refractivity contribution in [3.8, 4) is 5.69 Å². The standard InChI is InChI=1S/C16H22ClN3O/c1-11-12(2)19-20(13(11)3)15-6-5-14(16(17)9-15)10-18-7-8-21-4/h5-6,9,18H,7-8,10H2,1-4H3. The van der Waals surface area contributed by atoms with E-state index >= 15 is 0 Å². The van der Waals surface area contributed by atoms with Crippen LogP contribution in [0.1, 0.15) is 22.5 Å². The Hall–Kier alpha value is -1.36. The molecule has 2 rings (SSSR count). The molecule has 4 nitrogen and oxygen atoms in total. The van der Waals surface area contributed by atoms with Crippen LogP contribution in [-0.4, -0.2) is 30.0 Å². The van der Waals surface area contributed by atoms with E-state index in [0.29, 0.717) is 6.61 Å². The van der Waals surface area contributed by atoms with Gasteiger partial charge in [-0.05, 0) is 44.0 Å². The molecular formula is C16H22ClN3O. The average molecular weight is 308 g/mol. The molecule has 0 aliphatic rings. The number of nitrogens with one attached hydrogen (secondary N) is 1. The van der Waals surface area contributed by atoms with E-state index in [1.165, 1.54) is 5.56 Å². The Labute approximate surface area is 131 Å². The summed E-state index contributed by atoms with van der Waals surface area (Å²) >= 11 is 6.38. The summed E-state index contributed by atoms with van der Waals surface area (Å²) in [6, 6.07) is 6.06. The lowest BCUT2D eigenvalue weighted by molar-refractivity contribution is 0.199. The van der Waals surface area contributed by atoms with Gasteiger partial charge in [-0.2, -0.15) is 5.10 Å². The van der Waals surface area contributed by atoms with Gasteiger partial charge < -0.3 is 10.1 Å². The quantitative estimate of drug-likeness (QED) is 0.833. The van der Waals surface area contributed by atoms with E-state index in [4.69, 9.17) is 16.3 Å². The van der Waals surface area contributed by atoms with E-state index in [9.17, 15) is 0 Å². The minimum Gasteiger partial charge on any atom is -0.383 e. The minimum atomic E-state index is 0.695. The van der Waals surface area contributed by atoms with Crippen molar-refractivity contribution in [3.63, 3.8) is 0 Å². The highest BCUT2D eigenvalue weighted by atomic mass is 35.5. The summed E-state index contributed by atoms with van der Waals surface area (Å²) in [5.74, 6) is 0. The van der Waals surface area contributed by atoms with Crippen molar-refractivity contribution in [2.75, 3.05) is 20.3 Å². The minimum absolute atomic E-state index is 0.695. The third kappa shape index (κ3) is 3.64. The van der Waals surface area contributed by atoms with Gasteiger partial charge in [-0.3, -0.25) is 0 Å². The van der Waals surface area contributed by atoms with Crippen LogP contribution >= 0.6 is 11.6 Å². The van der Waals surface area contributed by atoms with E-state index in [-0.39, 0.29) is 0 Å². The van der Waals surface area contributed by atoms with Crippen molar-refractivity contribution in [2.45, 2.75) is 27.3 Å². The molecule has 21 heavy (non-hydrogen) atoms. The monoisotopic (exact) mass is 307 g/mol. The first-order chi connectivity index (χ1) is 10.0. The zero-order valence-electron chi connectivity index (χ0n) is 13.0. The van der Waals surface area contributed by atoms with Gasteiger partial charge in [-0.15, -0.1) is 0 Å². The molecule has 2 aromatic rings. The van der Waals surface area contributed by atoms with E-state index in [1.807, 2.05) is 23.7 Å². The lowest BCUT2D eigenvalue weighted by atomic mass is 10.2. The van der Waals surface area contributed by atoms with Crippen LogP contribution in [0.5, 0.6) is 0 Å². The van der Waals surface area contributed by atoms with Gasteiger partial charge in [-0.1, -0.05) is 17.7 Å². The molecule has 1 aromatic carbocycles. The third-order valence-electron chi connectivity index (χ3n) is 3.73. The van der Waals surface area contributed by atoms with Crippen molar-refractivity contribution in [1.29, 1.82) is 0 Å². The molecule has 0 atom stereocenters. The maximum Gasteiger partial charge on any atom is 0.0663 e. The predicted octanol–water partition coefficient (Wildman–Crippen LogP) is 3.19. The molecular weight excluding hydrogens is 286 g/mol. The summed E-state index contributed by atoms with van der Waals surface area (Å²) in [5.41, 5.74) is 5.49. The van der Waals surface area contributed by atoms with Crippen LogP contribution in [0.15, 0.2) is 18.2 Å². The van der Waals surface area contributed by atoms with Crippen molar-refractivity contribution < 1.29 is 4.74 Å². The van der Waals surface area contributed by atoms with Gasteiger partial charge in [0.05, 0.1) is 18.0 Å². The molecule has 0 radical (unpaired) electrons. The Morgan fingerprint density at radius 1 is 1.29 bits per heavy atom. The predicted molar refractivity (Wildman–Crippen MR) is 86.4 cm³/mol. The molecule has 5 heteroatoms. The second kappa shape index (κ2) is 7.07. The van der Waals surface area contributed by atoms with Crippen LogP contribution in [0.4, 0.5) is 0 Å². The smallest absolute Gasteiger partial charge is 0.0663 e. The van der Waals surface area contributed by atoms with Gasteiger partial charge >= 0.3 is 0 Å². The van der Waals surface area contributed by atoms with Gasteiger partial charge in [-0.25, -0.2) is 4.68 Å². The Morgan fingerprint density at radius 3 is 2.62 bits per heavy atom. The molecule has 0 amide bonds. The number of rotatable bonds is 6. The molecule has 0 saturated heterocycles. The van der Waals surface area contributed by atoms with Gasteiger partial charge in [0, 0.05) is 30.9 Å². The SMILES string of the molecule is COCCNCc1ccc(-n2nc(C)c(C)c2C)cc1Cl. The van der Waals surface area contributed by atoms with Crippen molar-refractivity contribution >= 4 is 11.6 Å². The van der Waals surface area contributed by atoms with Crippen LogP contribution < -0.4 is 5.32 Å².